The third-order valence-electron chi connectivity index (χ3n) is 3.16. The maximum absolute atomic E-state index is 12.0. The van der Waals surface area contributed by atoms with Gasteiger partial charge >= 0.3 is 0 Å². The largest absolute Gasteiger partial charge is 0.424 e. The van der Waals surface area contributed by atoms with Gasteiger partial charge in [0.05, 0.1) is 6.54 Å². The molecule has 1 aliphatic heterocycles. The number of aryl methyl sites for hydroxylation is 1. The number of rotatable bonds is 5. The van der Waals surface area contributed by atoms with Crippen molar-refractivity contribution >= 4 is 5.91 Å². The smallest absolute Gasteiger partial charge is 0.238 e. The summed E-state index contributed by atoms with van der Waals surface area (Å²) in [6, 6.07) is -0.175. The molecule has 1 aliphatic rings. The third-order valence-corrected chi connectivity index (χ3v) is 3.16. The molecule has 2 rings (SSSR count). The molecule has 2 heterocycles. The lowest BCUT2D eigenvalue weighted by Crippen LogP contribution is -2.57. The van der Waals surface area contributed by atoms with Crippen molar-refractivity contribution in [2.45, 2.75) is 32.9 Å². The van der Waals surface area contributed by atoms with Crippen LogP contribution in [0.1, 0.15) is 25.6 Å². The molecular weight excluding hydrogens is 246 g/mol. The number of nitrogens with one attached hydrogen (secondary N) is 2. The molecular formula is C12H21N5O2. The molecule has 0 radical (unpaired) electrons. The summed E-state index contributed by atoms with van der Waals surface area (Å²) < 4.78 is 5.51. The molecule has 1 aromatic heterocycles. The van der Waals surface area contributed by atoms with Gasteiger partial charge in [-0.1, -0.05) is 6.92 Å². The van der Waals surface area contributed by atoms with Crippen molar-refractivity contribution in [1.29, 1.82) is 0 Å². The minimum absolute atomic E-state index is 0.0462. The molecule has 1 atom stereocenters. The first-order chi connectivity index (χ1) is 9.24. The quantitative estimate of drug-likeness (QED) is 0.751. The van der Waals surface area contributed by atoms with Gasteiger partial charge in [0.15, 0.2) is 0 Å². The van der Waals surface area contributed by atoms with Crippen molar-refractivity contribution in [3.8, 4) is 0 Å². The van der Waals surface area contributed by atoms with Crippen molar-refractivity contribution in [3.63, 3.8) is 0 Å². The maximum atomic E-state index is 12.0. The van der Waals surface area contributed by atoms with Crippen molar-refractivity contribution in [2.75, 3.05) is 26.2 Å². The fourth-order valence-electron chi connectivity index (χ4n) is 2.16. The third kappa shape index (κ3) is 3.51. The Hall–Kier alpha value is -1.47. The monoisotopic (exact) mass is 267 g/mol. The van der Waals surface area contributed by atoms with Crippen molar-refractivity contribution in [1.82, 2.24) is 25.7 Å². The molecule has 19 heavy (non-hydrogen) atoms. The molecule has 7 heteroatoms. The van der Waals surface area contributed by atoms with Gasteiger partial charge in [-0.2, -0.15) is 0 Å². The Morgan fingerprint density at radius 3 is 2.95 bits per heavy atom. The van der Waals surface area contributed by atoms with Crippen molar-refractivity contribution in [3.05, 3.63) is 11.8 Å². The van der Waals surface area contributed by atoms with E-state index in [9.17, 15) is 4.79 Å². The van der Waals surface area contributed by atoms with E-state index in [-0.39, 0.29) is 11.9 Å². The zero-order valence-corrected chi connectivity index (χ0v) is 11.5. The van der Waals surface area contributed by atoms with E-state index in [2.05, 4.69) is 25.7 Å². The lowest BCUT2D eigenvalue weighted by Gasteiger charge is -2.33. The molecule has 1 unspecified atom stereocenters. The van der Waals surface area contributed by atoms with Crippen molar-refractivity contribution in [2.24, 2.45) is 0 Å². The standard InChI is InChI=1S/C12H21N5O2/c1-3-10-15-16-11(19-10)8-17-6-5-13-7-9(17)12(18)14-4-2/h9,13H,3-8H2,1-2H3,(H,14,18). The van der Waals surface area contributed by atoms with E-state index in [0.29, 0.717) is 31.4 Å². The second kappa shape index (κ2) is 6.63. The van der Waals surface area contributed by atoms with Gasteiger partial charge in [0, 0.05) is 32.6 Å². The first-order valence-electron chi connectivity index (χ1n) is 6.78. The highest BCUT2D eigenvalue weighted by molar-refractivity contribution is 5.82. The van der Waals surface area contributed by atoms with E-state index >= 15 is 0 Å². The Labute approximate surface area is 112 Å². The molecule has 1 saturated heterocycles. The van der Waals surface area contributed by atoms with Crippen LogP contribution in [0.3, 0.4) is 0 Å². The van der Waals surface area contributed by atoms with Crippen LogP contribution in [-0.2, 0) is 17.8 Å². The average Bonchev–Trinajstić information content (AvgIpc) is 2.87. The van der Waals surface area contributed by atoms with Crippen LogP contribution in [0.25, 0.3) is 0 Å². The van der Waals surface area contributed by atoms with Gasteiger partial charge in [-0.25, -0.2) is 0 Å². The van der Waals surface area contributed by atoms with E-state index in [1.807, 2.05) is 13.8 Å². The van der Waals surface area contributed by atoms with Crippen LogP contribution in [0.15, 0.2) is 4.42 Å². The molecule has 2 N–H and O–H groups in total. The fraction of sp³-hybridized carbons (Fsp3) is 0.750. The predicted molar refractivity (Wildman–Crippen MR) is 69.4 cm³/mol. The Bertz CT molecular complexity index is 420. The summed E-state index contributed by atoms with van der Waals surface area (Å²) >= 11 is 0. The lowest BCUT2D eigenvalue weighted by molar-refractivity contribution is -0.127. The Morgan fingerprint density at radius 1 is 1.47 bits per heavy atom. The topological polar surface area (TPSA) is 83.3 Å². The highest BCUT2D eigenvalue weighted by atomic mass is 16.4. The summed E-state index contributed by atoms with van der Waals surface area (Å²) in [7, 11) is 0. The van der Waals surface area contributed by atoms with Crippen LogP contribution in [0.5, 0.6) is 0 Å². The number of hydrogen-bond donors (Lipinski definition) is 2. The second-order valence-corrected chi connectivity index (χ2v) is 4.53. The molecule has 106 valence electrons. The summed E-state index contributed by atoms with van der Waals surface area (Å²) in [5.74, 6) is 1.26. The first kappa shape index (κ1) is 14.0. The molecule has 0 saturated carbocycles. The van der Waals surface area contributed by atoms with Crippen LogP contribution >= 0.6 is 0 Å². The van der Waals surface area contributed by atoms with Crippen LogP contribution in [0.2, 0.25) is 0 Å². The number of hydrogen-bond acceptors (Lipinski definition) is 6. The van der Waals surface area contributed by atoms with E-state index in [1.54, 1.807) is 0 Å². The molecule has 1 amide bonds. The average molecular weight is 267 g/mol. The fourth-order valence-corrected chi connectivity index (χ4v) is 2.16. The van der Waals surface area contributed by atoms with Crippen LogP contribution in [0.4, 0.5) is 0 Å². The summed E-state index contributed by atoms with van der Waals surface area (Å²) in [6.45, 7) is 7.38. The van der Waals surface area contributed by atoms with Crippen LogP contribution in [0, 0.1) is 0 Å². The zero-order chi connectivity index (χ0) is 13.7. The number of piperazine rings is 1. The van der Waals surface area contributed by atoms with Gasteiger partial charge in [-0.3, -0.25) is 9.69 Å². The van der Waals surface area contributed by atoms with Gasteiger partial charge in [-0.05, 0) is 6.92 Å². The normalized spacial score (nSPS) is 20.4. The molecule has 7 nitrogen and oxygen atoms in total. The second-order valence-electron chi connectivity index (χ2n) is 4.53. The van der Waals surface area contributed by atoms with E-state index in [1.165, 1.54) is 0 Å². The minimum atomic E-state index is -0.175. The highest BCUT2D eigenvalue weighted by Gasteiger charge is 2.29. The Morgan fingerprint density at radius 2 is 2.26 bits per heavy atom. The molecule has 0 aromatic carbocycles. The molecule has 1 fully saturated rings. The van der Waals surface area contributed by atoms with Gasteiger partial charge in [-0.15, -0.1) is 10.2 Å². The van der Waals surface area contributed by atoms with E-state index in [0.717, 1.165) is 19.5 Å². The number of amides is 1. The van der Waals surface area contributed by atoms with Gasteiger partial charge in [0.1, 0.15) is 6.04 Å². The number of carbonyl (C=O) groups excluding carboxylic acids is 1. The zero-order valence-electron chi connectivity index (χ0n) is 11.5. The summed E-state index contributed by atoms with van der Waals surface area (Å²) in [6.07, 6.45) is 0.730. The summed E-state index contributed by atoms with van der Waals surface area (Å²) in [5, 5.41) is 14.1. The van der Waals surface area contributed by atoms with Gasteiger partial charge in [0.25, 0.3) is 0 Å². The molecule has 0 aliphatic carbocycles. The molecule has 0 bridgehead atoms. The first-order valence-corrected chi connectivity index (χ1v) is 6.78. The lowest BCUT2D eigenvalue weighted by atomic mass is 10.1. The Balaban J connectivity index is 2.00. The number of likely N-dealkylation sites (N-methyl/N-ethyl adjacent to an activating group) is 1. The van der Waals surface area contributed by atoms with E-state index < -0.39 is 0 Å². The van der Waals surface area contributed by atoms with Gasteiger partial charge in [0.2, 0.25) is 17.7 Å². The summed E-state index contributed by atoms with van der Waals surface area (Å²) in [5.41, 5.74) is 0. The maximum Gasteiger partial charge on any atom is 0.238 e. The van der Waals surface area contributed by atoms with Crippen molar-refractivity contribution < 1.29 is 9.21 Å². The molecule has 1 aromatic rings. The number of nitrogens with zero attached hydrogens (tertiary/aromatic N) is 3. The van der Waals surface area contributed by atoms with Crippen LogP contribution in [-0.4, -0.2) is 53.2 Å². The minimum Gasteiger partial charge on any atom is -0.424 e. The number of aromatic nitrogens is 2. The summed E-state index contributed by atoms with van der Waals surface area (Å²) in [4.78, 5) is 14.1. The highest BCUT2D eigenvalue weighted by Crippen LogP contribution is 2.10. The van der Waals surface area contributed by atoms with E-state index in [4.69, 9.17) is 4.42 Å². The van der Waals surface area contributed by atoms with Crippen LogP contribution < -0.4 is 10.6 Å². The SMILES string of the molecule is CCNC(=O)C1CNCCN1Cc1nnc(CC)o1. The Kier molecular flexibility index (Phi) is 4.86. The van der Waals surface area contributed by atoms with Gasteiger partial charge < -0.3 is 15.1 Å². The number of carbonyl (C=O) groups is 1. The molecule has 0 spiro atoms. The predicted octanol–water partition coefficient (Wildman–Crippen LogP) is -0.458.